The smallest absolute Gasteiger partial charge is 0.243 e. The Balaban J connectivity index is 1.41. The molecule has 0 bridgehead atoms. The molecule has 0 aliphatic rings. The lowest BCUT2D eigenvalue weighted by molar-refractivity contribution is -0.114. The third-order valence-electron chi connectivity index (χ3n) is 4.66. The van der Waals surface area contributed by atoms with Crippen LogP contribution in [0.4, 0.5) is 11.4 Å². The van der Waals surface area contributed by atoms with Gasteiger partial charge in [-0.15, -0.1) is 0 Å². The summed E-state index contributed by atoms with van der Waals surface area (Å²) in [7, 11) is 0. The van der Waals surface area contributed by atoms with Crippen LogP contribution in [0, 0.1) is 0 Å². The van der Waals surface area contributed by atoms with Gasteiger partial charge in [-0.1, -0.05) is 42.5 Å². The summed E-state index contributed by atoms with van der Waals surface area (Å²) in [5.74, 6) is 1.32. The van der Waals surface area contributed by atoms with Crippen molar-refractivity contribution >= 4 is 17.3 Å². The number of ether oxygens (including phenoxy) is 3. The average Bonchev–Trinajstić information content (AvgIpc) is 2.83. The van der Waals surface area contributed by atoms with E-state index in [-0.39, 0.29) is 12.5 Å². The van der Waals surface area contributed by atoms with Crippen molar-refractivity contribution in [1.29, 1.82) is 0 Å². The van der Waals surface area contributed by atoms with Crippen LogP contribution in [0.3, 0.4) is 0 Å². The summed E-state index contributed by atoms with van der Waals surface area (Å²) in [6.07, 6.45) is 0.849. The van der Waals surface area contributed by atoms with E-state index in [0.717, 1.165) is 17.9 Å². The minimum absolute atomic E-state index is 0.126. The van der Waals surface area contributed by atoms with Gasteiger partial charge in [0.25, 0.3) is 0 Å². The third-order valence-corrected chi connectivity index (χ3v) is 4.66. The van der Waals surface area contributed by atoms with E-state index in [1.807, 2.05) is 73.7 Å². The molecule has 0 aromatic heterocycles. The Kier molecular flexibility index (Phi) is 9.42. The minimum atomic E-state index is -0.146. The van der Waals surface area contributed by atoms with Gasteiger partial charge in [-0.3, -0.25) is 4.79 Å². The topological polar surface area (TPSA) is 68.8 Å². The Morgan fingerprint density at radius 3 is 2.34 bits per heavy atom. The van der Waals surface area contributed by atoms with Crippen molar-refractivity contribution in [2.45, 2.75) is 13.3 Å². The largest absolute Gasteiger partial charge is 0.493 e. The normalized spacial score (nSPS) is 10.4. The summed E-state index contributed by atoms with van der Waals surface area (Å²) in [5, 5.41) is 6.01. The summed E-state index contributed by atoms with van der Waals surface area (Å²) in [5.41, 5.74) is 2.72. The lowest BCUT2D eigenvalue weighted by atomic mass is 10.2. The van der Waals surface area contributed by atoms with Gasteiger partial charge in [0.1, 0.15) is 18.1 Å². The van der Waals surface area contributed by atoms with E-state index in [1.165, 1.54) is 5.56 Å². The molecule has 0 aliphatic heterocycles. The van der Waals surface area contributed by atoms with Gasteiger partial charge in [-0.05, 0) is 48.9 Å². The first kappa shape index (κ1) is 23.2. The van der Waals surface area contributed by atoms with Gasteiger partial charge in [0.2, 0.25) is 5.91 Å². The van der Waals surface area contributed by atoms with E-state index in [2.05, 4.69) is 22.8 Å². The van der Waals surface area contributed by atoms with Crippen molar-refractivity contribution in [3.05, 3.63) is 84.4 Å². The van der Waals surface area contributed by atoms with Gasteiger partial charge in [0.15, 0.2) is 0 Å². The van der Waals surface area contributed by atoms with Gasteiger partial charge in [-0.25, -0.2) is 0 Å². The molecule has 6 heteroatoms. The zero-order valence-electron chi connectivity index (χ0n) is 18.4. The first-order valence-corrected chi connectivity index (χ1v) is 10.8. The molecule has 0 heterocycles. The van der Waals surface area contributed by atoms with E-state index in [9.17, 15) is 4.79 Å². The Morgan fingerprint density at radius 1 is 0.812 bits per heavy atom. The molecule has 0 radical (unpaired) electrons. The second-order valence-corrected chi connectivity index (χ2v) is 7.05. The van der Waals surface area contributed by atoms with Crippen LogP contribution in [0.5, 0.6) is 11.5 Å². The van der Waals surface area contributed by atoms with Gasteiger partial charge >= 0.3 is 0 Å². The van der Waals surface area contributed by atoms with E-state index in [4.69, 9.17) is 14.2 Å². The van der Waals surface area contributed by atoms with Crippen molar-refractivity contribution in [1.82, 2.24) is 0 Å². The molecule has 0 saturated heterocycles. The molecule has 168 valence electrons. The van der Waals surface area contributed by atoms with Crippen molar-refractivity contribution in [2.75, 3.05) is 43.6 Å². The second kappa shape index (κ2) is 13.0. The van der Waals surface area contributed by atoms with Crippen molar-refractivity contribution < 1.29 is 19.0 Å². The molecule has 2 N–H and O–H groups in total. The van der Waals surface area contributed by atoms with Crippen LogP contribution in [0.15, 0.2) is 78.9 Å². The predicted molar refractivity (Wildman–Crippen MR) is 128 cm³/mol. The molecule has 0 spiro atoms. The van der Waals surface area contributed by atoms with Crippen molar-refractivity contribution in [3.63, 3.8) is 0 Å². The third kappa shape index (κ3) is 7.96. The fourth-order valence-electron chi connectivity index (χ4n) is 3.04. The van der Waals surface area contributed by atoms with Crippen LogP contribution >= 0.6 is 0 Å². The number of rotatable bonds is 13. The van der Waals surface area contributed by atoms with Crippen LogP contribution < -0.4 is 20.1 Å². The molecule has 3 aromatic rings. The van der Waals surface area contributed by atoms with Gasteiger partial charge in [-0.2, -0.15) is 0 Å². The Bertz CT molecular complexity index is 946. The van der Waals surface area contributed by atoms with Crippen LogP contribution in [-0.2, 0) is 16.0 Å². The maximum absolute atomic E-state index is 12.3. The quantitative estimate of drug-likeness (QED) is 0.379. The standard InChI is InChI=1S/C26H30N2O4/c1-2-30-18-19-32-25-11-7-6-10-24(25)27-20-26(29)28-22-12-14-23(15-13-22)31-17-16-21-8-4-3-5-9-21/h3-15,27H,2,16-20H2,1H3,(H,28,29). The highest BCUT2D eigenvalue weighted by Gasteiger charge is 2.07. The highest BCUT2D eigenvalue weighted by molar-refractivity contribution is 5.94. The van der Waals surface area contributed by atoms with Crippen molar-refractivity contribution in [3.8, 4) is 11.5 Å². The average molecular weight is 435 g/mol. The van der Waals surface area contributed by atoms with E-state index in [0.29, 0.717) is 37.9 Å². The lowest BCUT2D eigenvalue weighted by Gasteiger charge is -2.13. The molecule has 0 saturated carbocycles. The molecule has 3 aromatic carbocycles. The summed E-state index contributed by atoms with van der Waals surface area (Å²) in [6.45, 7) is 4.31. The van der Waals surface area contributed by atoms with Gasteiger partial charge < -0.3 is 24.8 Å². The van der Waals surface area contributed by atoms with Gasteiger partial charge in [0, 0.05) is 18.7 Å². The number of hydrogen-bond acceptors (Lipinski definition) is 5. The Morgan fingerprint density at radius 2 is 1.56 bits per heavy atom. The maximum atomic E-state index is 12.3. The number of carbonyl (C=O) groups is 1. The molecule has 1 amide bonds. The fourth-order valence-corrected chi connectivity index (χ4v) is 3.04. The molecule has 3 rings (SSSR count). The monoisotopic (exact) mass is 434 g/mol. The number of nitrogens with one attached hydrogen (secondary N) is 2. The van der Waals surface area contributed by atoms with Crippen LogP contribution in [0.2, 0.25) is 0 Å². The molecule has 32 heavy (non-hydrogen) atoms. The molecule has 6 nitrogen and oxygen atoms in total. The SMILES string of the molecule is CCOCCOc1ccccc1NCC(=O)Nc1ccc(OCCc2ccccc2)cc1. The lowest BCUT2D eigenvalue weighted by Crippen LogP contribution is -2.22. The first-order valence-electron chi connectivity index (χ1n) is 10.8. The zero-order chi connectivity index (χ0) is 22.4. The van der Waals surface area contributed by atoms with Crippen molar-refractivity contribution in [2.24, 2.45) is 0 Å². The number of anilines is 2. The Labute approximate surface area is 189 Å². The van der Waals surface area contributed by atoms with Crippen LogP contribution in [-0.4, -0.2) is 38.9 Å². The summed E-state index contributed by atoms with van der Waals surface area (Å²) >= 11 is 0. The number of hydrogen-bond donors (Lipinski definition) is 2. The van der Waals surface area contributed by atoms with Crippen LogP contribution in [0.25, 0.3) is 0 Å². The summed E-state index contributed by atoms with van der Waals surface area (Å²) in [6, 6.07) is 25.1. The van der Waals surface area contributed by atoms with E-state index < -0.39 is 0 Å². The molecule has 0 unspecified atom stereocenters. The highest BCUT2D eigenvalue weighted by atomic mass is 16.5. The van der Waals surface area contributed by atoms with E-state index >= 15 is 0 Å². The maximum Gasteiger partial charge on any atom is 0.243 e. The molecule has 0 fully saturated rings. The number of amides is 1. The zero-order valence-corrected chi connectivity index (χ0v) is 18.4. The first-order chi connectivity index (χ1) is 15.7. The Hall–Kier alpha value is -3.51. The second-order valence-electron chi connectivity index (χ2n) is 7.05. The predicted octanol–water partition coefficient (Wildman–Crippen LogP) is 4.77. The van der Waals surface area contributed by atoms with Crippen LogP contribution in [0.1, 0.15) is 12.5 Å². The summed E-state index contributed by atoms with van der Waals surface area (Å²) in [4.78, 5) is 12.3. The highest BCUT2D eigenvalue weighted by Crippen LogP contribution is 2.23. The van der Waals surface area contributed by atoms with Gasteiger partial charge in [0.05, 0.1) is 25.4 Å². The molecule has 0 aliphatic carbocycles. The minimum Gasteiger partial charge on any atom is -0.493 e. The fraction of sp³-hybridized carbons (Fsp3) is 0.269. The molecular weight excluding hydrogens is 404 g/mol. The molecule has 0 atom stereocenters. The number of para-hydroxylation sites is 2. The number of carbonyl (C=O) groups excluding carboxylic acids is 1. The van der Waals surface area contributed by atoms with E-state index in [1.54, 1.807) is 0 Å². The molecular formula is C26H30N2O4. The number of benzene rings is 3. The summed E-state index contributed by atoms with van der Waals surface area (Å²) < 4.78 is 16.8.